The summed E-state index contributed by atoms with van der Waals surface area (Å²) in [5.74, 6) is -0.503. The van der Waals surface area contributed by atoms with Crippen molar-refractivity contribution in [2.75, 3.05) is 13.2 Å². The molecule has 1 rings (SSSR count). The summed E-state index contributed by atoms with van der Waals surface area (Å²) in [6.45, 7) is 7.40. The summed E-state index contributed by atoms with van der Waals surface area (Å²) < 4.78 is 9.65. The van der Waals surface area contributed by atoms with Crippen molar-refractivity contribution in [1.29, 1.82) is 0 Å². The predicted octanol–water partition coefficient (Wildman–Crippen LogP) is 0.904. The molecule has 0 spiro atoms. The van der Waals surface area contributed by atoms with Gasteiger partial charge in [0.25, 0.3) is 0 Å². The Kier molecular flexibility index (Phi) is 3.11. The minimum absolute atomic E-state index is 0.310. The lowest BCUT2D eigenvalue weighted by molar-refractivity contribution is -0.149. The number of amides is 1. The molecule has 1 aliphatic heterocycles. The highest BCUT2D eigenvalue weighted by Crippen LogP contribution is 2.10. The van der Waals surface area contributed by atoms with Gasteiger partial charge in [-0.25, -0.2) is 9.59 Å². The zero-order valence-electron chi connectivity index (χ0n) is 8.28. The Balaban J connectivity index is 2.49. The van der Waals surface area contributed by atoms with Gasteiger partial charge < -0.3 is 9.47 Å². The van der Waals surface area contributed by atoms with E-state index in [-0.39, 0.29) is 0 Å². The SMILES string of the molecule is C=C(C)C(=O)OC(C)N1CCOC1=O. The Morgan fingerprint density at radius 1 is 1.71 bits per heavy atom. The van der Waals surface area contributed by atoms with E-state index in [2.05, 4.69) is 6.58 Å². The van der Waals surface area contributed by atoms with Crippen molar-refractivity contribution in [3.8, 4) is 0 Å². The Hall–Kier alpha value is -1.52. The minimum Gasteiger partial charge on any atom is -0.447 e. The maximum Gasteiger partial charge on any atom is 0.412 e. The topological polar surface area (TPSA) is 55.8 Å². The van der Waals surface area contributed by atoms with Crippen LogP contribution in [-0.4, -0.2) is 36.3 Å². The second-order valence-electron chi connectivity index (χ2n) is 3.09. The fraction of sp³-hybridized carbons (Fsp3) is 0.556. The molecule has 1 fully saturated rings. The van der Waals surface area contributed by atoms with E-state index in [1.54, 1.807) is 13.8 Å². The molecule has 1 saturated heterocycles. The molecule has 5 heteroatoms. The van der Waals surface area contributed by atoms with Crippen LogP contribution in [0.5, 0.6) is 0 Å². The molecular formula is C9H13NO4. The minimum atomic E-state index is -0.603. The van der Waals surface area contributed by atoms with E-state index >= 15 is 0 Å². The van der Waals surface area contributed by atoms with Crippen LogP contribution in [0.4, 0.5) is 4.79 Å². The first-order valence-electron chi connectivity index (χ1n) is 4.32. The van der Waals surface area contributed by atoms with Gasteiger partial charge in [-0.2, -0.15) is 0 Å². The average molecular weight is 199 g/mol. The molecule has 0 aromatic heterocycles. The van der Waals surface area contributed by atoms with Crippen LogP contribution in [0.2, 0.25) is 0 Å². The summed E-state index contributed by atoms with van der Waals surface area (Å²) in [6, 6.07) is 0. The highest BCUT2D eigenvalue weighted by molar-refractivity contribution is 5.87. The van der Waals surface area contributed by atoms with Gasteiger partial charge in [0.15, 0.2) is 6.23 Å². The van der Waals surface area contributed by atoms with E-state index in [1.807, 2.05) is 0 Å². The van der Waals surface area contributed by atoms with Crippen LogP contribution in [0.25, 0.3) is 0 Å². The first-order valence-corrected chi connectivity index (χ1v) is 4.32. The Morgan fingerprint density at radius 3 is 2.79 bits per heavy atom. The van der Waals surface area contributed by atoms with Gasteiger partial charge in [-0.05, 0) is 13.8 Å². The van der Waals surface area contributed by atoms with Crippen molar-refractivity contribution in [3.63, 3.8) is 0 Å². The van der Waals surface area contributed by atoms with Crippen molar-refractivity contribution in [3.05, 3.63) is 12.2 Å². The molecule has 0 aromatic rings. The van der Waals surface area contributed by atoms with Crippen LogP contribution in [0, 0.1) is 0 Å². The third kappa shape index (κ3) is 2.25. The number of cyclic esters (lactones) is 1. The van der Waals surface area contributed by atoms with Gasteiger partial charge in [0, 0.05) is 5.57 Å². The molecule has 1 aliphatic rings. The van der Waals surface area contributed by atoms with Crippen LogP contribution in [0.3, 0.4) is 0 Å². The average Bonchev–Trinajstić information content (AvgIpc) is 2.51. The third-order valence-corrected chi connectivity index (χ3v) is 1.86. The van der Waals surface area contributed by atoms with E-state index in [4.69, 9.17) is 9.47 Å². The zero-order valence-corrected chi connectivity index (χ0v) is 8.28. The lowest BCUT2D eigenvalue weighted by atomic mass is 10.4. The molecule has 1 atom stereocenters. The van der Waals surface area contributed by atoms with E-state index in [0.717, 1.165) is 0 Å². The molecular weight excluding hydrogens is 186 g/mol. The summed E-state index contributed by atoms with van der Waals surface area (Å²) >= 11 is 0. The molecule has 1 unspecified atom stereocenters. The molecule has 0 saturated carbocycles. The smallest absolute Gasteiger partial charge is 0.412 e. The third-order valence-electron chi connectivity index (χ3n) is 1.86. The number of rotatable bonds is 3. The fourth-order valence-electron chi connectivity index (χ4n) is 1.05. The van der Waals surface area contributed by atoms with E-state index in [1.165, 1.54) is 4.90 Å². The summed E-state index contributed by atoms with van der Waals surface area (Å²) in [7, 11) is 0. The Labute approximate surface area is 82.3 Å². The number of carbonyl (C=O) groups excluding carboxylic acids is 2. The van der Waals surface area contributed by atoms with Crippen LogP contribution in [0.15, 0.2) is 12.2 Å². The molecule has 1 heterocycles. The van der Waals surface area contributed by atoms with Crippen molar-refractivity contribution in [1.82, 2.24) is 4.90 Å². The fourth-order valence-corrected chi connectivity index (χ4v) is 1.05. The van der Waals surface area contributed by atoms with Crippen molar-refractivity contribution in [2.45, 2.75) is 20.1 Å². The lowest BCUT2D eigenvalue weighted by Crippen LogP contribution is -2.37. The molecule has 14 heavy (non-hydrogen) atoms. The number of nitrogens with zero attached hydrogens (tertiary/aromatic N) is 1. The van der Waals surface area contributed by atoms with Gasteiger partial charge >= 0.3 is 12.1 Å². The normalized spacial score (nSPS) is 17.6. The zero-order chi connectivity index (χ0) is 10.7. The number of hydrogen-bond donors (Lipinski definition) is 0. The summed E-state index contributed by atoms with van der Waals surface area (Å²) in [6.07, 6.45) is -1.05. The predicted molar refractivity (Wildman–Crippen MR) is 48.4 cm³/mol. The first-order chi connectivity index (χ1) is 6.52. The molecule has 0 N–H and O–H groups in total. The summed E-state index contributed by atoms with van der Waals surface area (Å²) in [5, 5.41) is 0. The van der Waals surface area contributed by atoms with Crippen LogP contribution < -0.4 is 0 Å². The monoisotopic (exact) mass is 199 g/mol. The maximum absolute atomic E-state index is 11.1. The van der Waals surface area contributed by atoms with E-state index in [9.17, 15) is 9.59 Å². The molecule has 78 valence electrons. The van der Waals surface area contributed by atoms with Crippen molar-refractivity contribution < 1.29 is 19.1 Å². The van der Waals surface area contributed by atoms with Crippen LogP contribution in [0.1, 0.15) is 13.8 Å². The van der Waals surface area contributed by atoms with E-state index in [0.29, 0.717) is 18.7 Å². The summed E-state index contributed by atoms with van der Waals surface area (Å²) in [5.41, 5.74) is 0.310. The lowest BCUT2D eigenvalue weighted by Gasteiger charge is -2.21. The molecule has 0 radical (unpaired) electrons. The molecule has 5 nitrogen and oxygen atoms in total. The Morgan fingerprint density at radius 2 is 2.36 bits per heavy atom. The van der Waals surface area contributed by atoms with Gasteiger partial charge in [0.2, 0.25) is 0 Å². The molecule has 1 amide bonds. The second-order valence-corrected chi connectivity index (χ2v) is 3.09. The summed E-state index contributed by atoms with van der Waals surface area (Å²) in [4.78, 5) is 23.5. The molecule has 0 aliphatic carbocycles. The van der Waals surface area contributed by atoms with Crippen molar-refractivity contribution >= 4 is 12.1 Å². The van der Waals surface area contributed by atoms with E-state index < -0.39 is 18.3 Å². The molecule has 0 aromatic carbocycles. The molecule has 0 bridgehead atoms. The van der Waals surface area contributed by atoms with Crippen LogP contribution >= 0.6 is 0 Å². The van der Waals surface area contributed by atoms with Gasteiger partial charge in [0.1, 0.15) is 6.61 Å². The maximum atomic E-state index is 11.1. The number of hydrogen-bond acceptors (Lipinski definition) is 4. The number of carbonyl (C=O) groups is 2. The number of esters is 1. The number of ether oxygens (including phenoxy) is 2. The van der Waals surface area contributed by atoms with Gasteiger partial charge in [-0.1, -0.05) is 6.58 Å². The standard InChI is InChI=1S/C9H13NO4/c1-6(2)8(11)14-7(3)10-4-5-13-9(10)12/h7H,1,4-5H2,2-3H3. The van der Waals surface area contributed by atoms with Crippen molar-refractivity contribution in [2.24, 2.45) is 0 Å². The first kappa shape index (κ1) is 10.6. The van der Waals surface area contributed by atoms with Gasteiger partial charge in [-0.3, -0.25) is 4.90 Å². The largest absolute Gasteiger partial charge is 0.447 e. The van der Waals surface area contributed by atoms with Crippen LogP contribution in [-0.2, 0) is 14.3 Å². The highest BCUT2D eigenvalue weighted by Gasteiger charge is 2.29. The second kappa shape index (κ2) is 4.13. The van der Waals surface area contributed by atoms with Gasteiger partial charge in [-0.15, -0.1) is 0 Å². The quantitative estimate of drug-likeness (QED) is 0.500. The van der Waals surface area contributed by atoms with Gasteiger partial charge in [0.05, 0.1) is 6.54 Å². The highest BCUT2D eigenvalue weighted by atomic mass is 16.6. The Bertz CT molecular complexity index is 274.